The van der Waals surface area contributed by atoms with Crippen LogP contribution in [0.15, 0.2) is 82.6 Å². The Labute approximate surface area is 377 Å². The monoisotopic (exact) mass is 923 g/mol. The highest BCUT2D eigenvalue weighted by atomic mass is 32.2. The summed E-state index contributed by atoms with van der Waals surface area (Å²) in [7, 11) is -4.33. The maximum absolute atomic E-state index is 13.5. The summed E-state index contributed by atoms with van der Waals surface area (Å²) >= 11 is 0. The predicted octanol–water partition coefficient (Wildman–Crippen LogP) is 5.71. The third-order valence-electron chi connectivity index (χ3n) is 12.0. The summed E-state index contributed by atoms with van der Waals surface area (Å²) in [6.07, 6.45) is 11.9. The molecule has 348 valence electrons. The maximum Gasteiger partial charge on any atom is 0.326 e. The van der Waals surface area contributed by atoms with E-state index in [1.807, 2.05) is 64.1 Å². The number of aliphatic carboxylic acids is 1. The molecule has 64 heavy (non-hydrogen) atoms. The lowest BCUT2D eigenvalue weighted by atomic mass is 9.81. The lowest BCUT2D eigenvalue weighted by Gasteiger charge is -2.25. The lowest BCUT2D eigenvalue weighted by Crippen LogP contribution is -2.42. The Bertz CT molecular complexity index is 2510. The van der Waals surface area contributed by atoms with E-state index in [1.165, 1.54) is 24.7 Å². The fourth-order valence-electron chi connectivity index (χ4n) is 8.38. The number of carbonyl (C=O) groups excluding carboxylic acids is 2. The molecule has 1 atom stereocenters. The molecular weight excluding hydrogens is 861 g/mol. The van der Waals surface area contributed by atoms with Crippen molar-refractivity contribution in [3.05, 3.63) is 89.7 Å². The van der Waals surface area contributed by atoms with Crippen molar-refractivity contribution >= 4 is 54.9 Å². The molecular formula is C46H63N6O10S2+. The molecule has 4 N–H and O–H groups in total. The minimum atomic E-state index is -4.47. The van der Waals surface area contributed by atoms with Crippen LogP contribution in [0.5, 0.6) is 0 Å². The topological polar surface area (TPSA) is 219 Å². The molecule has 0 saturated carbocycles. The number of hydrogen-bond donors (Lipinski definition) is 4. The number of hydrogen-bond acceptors (Lipinski definition) is 11. The van der Waals surface area contributed by atoms with Gasteiger partial charge in [0.25, 0.3) is 10.1 Å². The number of fused-ring (bicyclic) bond motifs is 2. The summed E-state index contributed by atoms with van der Waals surface area (Å²) in [5, 5.41) is 12.2. The van der Waals surface area contributed by atoms with E-state index in [2.05, 4.69) is 38.6 Å². The second-order valence-electron chi connectivity index (χ2n) is 17.6. The summed E-state index contributed by atoms with van der Waals surface area (Å²) in [6, 6.07) is 8.77. The summed E-state index contributed by atoms with van der Waals surface area (Å²) in [5.74, 6) is -1.92. The lowest BCUT2D eigenvalue weighted by molar-refractivity contribution is -0.438. The molecule has 5 rings (SSSR count). The predicted molar refractivity (Wildman–Crippen MR) is 245 cm³/mol. The highest BCUT2D eigenvalue weighted by Gasteiger charge is 2.45. The molecule has 1 aromatic heterocycles. The molecule has 18 heteroatoms. The standard InChI is InChI=1S/C46H62N6O10S2/c1-8-51-38-21-19-33(63(57,58)26-13-11-18-43(54)62-25-24-50(6)7)28-35(38)45(2,3)40(51)15-14-16-41-46(4,5)36-29-34(64(59,60)61)20-22-39(36)52(41)23-12-9-10-17-42(53)49-37(44(55)56)27-32-30-47-31-48-32/h14-16,19-22,28-31,37H,8-13,17-18,23-27H2,1-7H3,(H3-,47,48,49,53,55,56,59,60,61)/p+1/t37-/m1/s1. The fraction of sp³-hybridized carbons (Fsp3) is 0.500. The molecule has 2 aromatic carbocycles. The van der Waals surface area contributed by atoms with Crippen LogP contribution >= 0.6 is 0 Å². The number of unbranched alkanes of at least 4 members (excludes halogenated alkanes) is 3. The molecule has 0 radical (unpaired) electrons. The molecule has 0 saturated heterocycles. The number of nitrogens with zero attached hydrogens (tertiary/aromatic N) is 4. The molecule has 3 aromatic rings. The Kier molecular flexibility index (Phi) is 16.2. The van der Waals surface area contributed by atoms with E-state index >= 15 is 0 Å². The second-order valence-corrected chi connectivity index (χ2v) is 21.2. The normalized spacial score (nSPS) is 16.7. The van der Waals surface area contributed by atoms with Crippen LogP contribution in [0.4, 0.5) is 11.4 Å². The van der Waals surface area contributed by atoms with Gasteiger partial charge in [-0.15, -0.1) is 0 Å². The Morgan fingerprint density at radius 1 is 0.953 bits per heavy atom. The van der Waals surface area contributed by atoms with Crippen molar-refractivity contribution in [1.29, 1.82) is 0 Å². The van der Waals surface area contributed by atoms with Gasteiger partial charge in [0, 0.05) is 85.2 Å². The van der Waals surface area contributed by atoms with Crippen LogP contribution < -0.4 is 10.2 Å². The van der Waals surface area contributed by atoms with Gasteiger partial charge in [-0.1, -0.05) is 19.9 Å². The van der Waals surface area contributed by atoms with Crippen molar-refractivity contribution in [1.82, 2.24) is 20.2 Å². The molecule has 2 aliphatic heterocycles. The number of esters is 1. The molecule has 0 aliphatic carbocycles. The number of carbonyl (C=O) groups is 3. The van der Waals surface area contributed by atoms with E-state index in [-0.39, 0.29) is 46.7 Å². The van der Waals surface area contributed by atoms with Gasteiger partial charge >= 0.3 is 11.9 Å². The Morgan fingerprint density at radius 2 is 1.66 bits per heavy atom. The van der Waals surface area contributed by atoms with E-state index in [0.717, 1.165) is 33.9 Å². The van der Waals surface area contributed by atoms with Gasteiger partial charge in [0.05, 0.1) is 27.3 Å². The van der Waals surface area contributed by atoms with Crippen LogP contribution in [0.25, 0.3) is 0 Å². The number of carboxylic acid groups (broad SMARTS) is 1. The van der Waals surface area contributed by atoms with E-state index in [1.54, 1.807) is 18.2 Å². The fourth-order valence-corrected chi connectivity index (χ4v) is 10.3. The zero-order valence-corrected chi connectivity index (χ0v) is 39.5. The van der Waals surface area contributed by atoms with Crippen molar-refractivity contribution in [2.24, 2.45) is 0 Å². The number of likely N-dealkylation sites (N-methyl/N-ethyl adjacent to an activating group) is 2. The highest BCUT2D eigenvalue weighted by molar-refractivity contribution is 7.91. The molecule has 1 amide bonds. The first-order chi connectivity index (χ1) is 30.1. The first-order valence-electron chi connectivity index (χ1n) is 21.7. The van der Waals surface area contributed by atoms with Crippen molar-refractivity contribution in [3.8, 4) is 0 Å². The molecule has 3 heterocycles. The number of amides is 1. The maximum atomic E-state index is 13.5. The smallest absolute Gasteiger partial charge is 0.326 e. The number of anilines is 1. The number of aromatic amines is 1. The SMILES string of the molecule is CCN1C(=CC=CC2=[N+](CCCCCC(=O)N[C@H](Cc3cnc[nH]3)C(=O)O)c3ccc(S(=O)(=O)O)cc3C2(C)C)C(C)(C)c2cc(S(=O)(=O)CCCCC(=O)OCCN(C)C)ccc21. The number of sulfone groups is 1. The average Bonchev–Trinajstić information content (AvgIpc) is 3.87. The Balaban J connectivity index is 1.32. The van der Waals surface area contributed by atoms with E-state index in [0.29, 0.717) is 64.0 Å². The van der Waals surface area contributed by atoms with Gasteiger partial charge in [0.15, 0.2) is 15.5 Å². The summed E-state index contributed by atoms with van der Waals surface area (Å²) in [6.45, 7) is 12.2. The first kappa shape index (κ1) is 49.8. The van der Waals surface area contributed by atoms with Crippen LogP contribution in [0.3, 0.4) is 0 Å². The third-order valence-corrected chi connectivity index (χ3v) is 14.6. The van der Waals surface area contributed by atoms with E-state index in [4.69, 9.17) is 4.74 Å². The molecule has 0 unspecified atom stereocenters. The first-order valence-corrected chi connectivity index (χ1v) is 24.8. The van der Waals surface area contributed by atoms with Crippen LogP contribution in [0.1, 0.15) is 96.4 Å². The zero-order valence-electron chi connectivity index (χ0n) is 37.9. The van der Waals surface area contributed by atoms with Crippen LogP contribution in [-0.4, -0.2) is 122 Å². The van der Waals surface area contributed by atoms with Crippen molar-refractivity contribution in [2.75, 3.05) is 51.0 Å². The summed E-state index contributed by atoms with van der Waals surface area (Å²) < 4.78 is 68.8. The summed E-state index contributed by atoms with van der Waals surface area (Å²) in [4.78, 5) is 47.5. The zero-order chi connectivity index (χ0) is 47.0. The van der Waals surface area contributed by atoms with Gasteiger partial charge in [0.2, 0.25) is 11.6 Å². The number of rotatable bonds is 23. The van der Waals surface area contributed by atoms with Crippen molar-refractivity contribution < 1.29 is 50.2 Å². The number of ether oxygens (including phenoxy) is 1. The summed E-state index contributed by atoms with van der Waals surface area (Å²) in [5.41, 5.74) is 4.51. The Morgan fingerprint density at radius 3 is 2.31 bits per heavy atom. The molecule has 0 spiro atoms. The Hall–Kier alpha value is -5.17. The van der Waals surface area contributed by atoms with Gasteiger partial charge in [0.1, 0.15) is 19.2 Å². The van der Waals surface area contributed by atoms with Crippen molar-refractivity contribution in [2.45, 2.75) is 113 Å². The number of H-pyrrole nitrogens is 1. The van der Waals surface area contributed by atoms with E-state index < -0.39 is 42.8 Å². The largest absolute Gasteiger partial charge is 0.480 e. The van der Waals surface area contributed by atoms with Crippen LogP contribution in [-0.2, 0) is 56.3 Å². The van der Waals surface area contributed by atoms with Gasteiger partial charge in [-0.05, 0) is 103 Å². The minimum absolute atomic E-state index is 0.0837. The quantitative estimate of drug-likeness (QED) is 0.0388. The number of carboxylic acids is 1. The molecule has 0 fully saturated rings. The average molecular weight is 924 g/mol. The van der Waals surface area contributed by atoms with Crippen LogP contribution in [0, 0.1) is 0 Å². The molecule has 16 nitrogen and oxygen atoms in total. The number of imidazole rings is 1. The van der Waals surface area contributed by atoms with Crippen LogP contribution in [0.2, 0.25) is 0 Å². The van der Waals surface area contributed by atoms with E-state index in [9.17, 15) is 40.9 Å². The number of allylic oxidation sites excluding steroid dienone is 4. The molecule has 0 bridgehead atoms. The number of aromatic nitrogens is 2. The van der Waals surface area contributed by atoms with Gasteiger partial charge in [-0.25, -0.2) is 18.2 Å². The molecule has 2 aliphatic rings. The number of benzene rings is 2. The van der Waals surface area contributed by atoms with Gasteiger partial charge in [-0.3, -0.25) is 14.1 Å². The van der Waals surface area contributed by atoms with Crippen molar-refractivity contribution in [3.63, 3.8) is 0 Å². The van der Waals surface area contributed by atoms with Gasteiger partial charge in [-0.2, -0.15) is 13.0 Å². The second kappa shape index (κ2) is 20.8. The minimum Gasteiger partial charge on any atom is -0.480 e. The third kappa shape index (κ3) is 11.9. The van der Waals surface area contributed by atoms with Gasteiger partial charge < -0.3 is 29.9 Å². The highest BCUT2D eigenvalue weighted by Crippen LogP contribution is 2.48. The number of nitrogens with one attached hydrogen (secondary N) is 2.